The van der Waals surface area contributed by atoms with E-state index in [1.54, 1.807) is 12.1 Å². The van der Waals surface area contributed by atoms with Gasteiger partial charge in [-0.3, -0.25) is 9.59 Å². The third kappa shape index (κ3) is 3.06. The summed E-state index contributed by atoms with van der Waals surface area (Å²) in [4.78, 5) is 25.8. The topological polar surface area (TPSA) is 58.6 Å². The van der Waals surface area contributed by atoms with Crippen molar-refractivity contribution in [3.05, 3.63) is 39.0 Å². The van der Waals surface area contributed by atoms with Crippen LogP contribution in [0.25, 0.3) is 0 Å². The number of nitrogens with one attached hydrogen (secondary N) is 1. The Labute approximate surface area is 148 Å². The van der Waals surface area contributed by atoms with Crippen LogP contribution in [0.3, 0.4) is 0 Å². The van der Waals surface area contributed by atoms with Crippen LogP contribution >= 0.6 is 34.8 Å². The third-order valence-electron chi connectivity index (χ3n) is 3.73. The summed E-state index contributed by atoms with van der Waals surface area (Å²) in [5.74, 6) is -1.18. The van der Waals surface area contributed by atoms with E-state index in [9.17, 15) is 9.59 Å². The number of benzene rings is 1. The highest BCUT2D eigenvalue weighted by molar-refractivity contribution is 6.54. The van der Waals surface area contributed by atoms with Crippen molar-refractivity contribution >= 4 is 52.3 Å². The summed E-state index contributed by atoms with van der Waals surface area (Å²) < 4.78 is 5.48. The number of anilines is 1. The predicted molar refractivity (Wildman–Crippen MR) is 88.8 cm³/mol. The highest BCUT2D eigenvalue weighted by atomic mass is 35.5. The van der Waals surface area contributed by atoms with Gasteiger partial charge in [0.25, 0.3) is 11.8 Å². The summed E-state index contributed by atoms with van der Waals surface area (Å²) in [5.41, 5.74) is 0.268. The molecule has 0 bridgehead atoms. The maximum absolute atomic E-state index is 12.6. The van der Waals surface area contributed by atoms with Crippen LogP contribution in [0, 0.1) is 0 Å². The van der Waals surface area contributed by atoms with Gasteiger partial charge in [0.2, 0.25) is 0 Å². The maximum Gasteiger partial charge on any atom is 0.283 e. The van der Waals surface area contributed by atoms with Gasteiger partial charge >= 0.3 is 0 Å². The molecule has 1 atom stereocenters. The molecule has 8 heteroatoms. The number of imide groups is 1. The minimum absolute atomic E-state index is 0.0127. The van der Waals surface area contributed by atoms with Gasteiger partial charge < -0.3 is 10.1 Å². The number of halogens is 3. The zero-order chi connectivity index (χ0) is 16.6. The van der Waals surface area contributed by atoms with Crippen LogP contribution in [-0.4, -0.2) is 31.1 Å². The fraction of sp³-hybridized carbons (Fsp3) is 0.333. The highest BCUT2D eigenvalue weighted by Crippen LogP contribution is 2.36. The first-order chi connectivity index (χ1) is 11.0. The zero-order valence-electron chi connectivity index (χ0n) is 11.9. The Morgan fingerprint density at radius 1 is 1.22 bits per heavy atom. The minimum Gasteiger partial charge on any atom is -0.377 e. The lowest BCUT2D eigenvalue weighted by Gasteiger charge is -2.17. The number of ether oxygens (including phenoxy) is 1. The molecule has 122 valence electrons. The molecule has 2 amide bonds. The summed E-state index contributed by atoms with van der Waals surface area (Å²) in [6.45, 7) is 1.12. The smallest absolute Gasteiger partial charge is 0.283 e. The number of amides is 2. The first-order valence-electron chi connectivity index (χ1n) is 7.08. The van der Waals surface area contributed by atoms with Crippen LogP contribution in [0.5, 0.6) is 0 Å². The standard InChI is InChI=1S/C15H13Cl3N2O3/c16-9-4-1-5-10(11(9)17)20-14(21)12(18)13(15(20)22)19-7-8-3-2-6-23-8/h1,4-5,8,19H,2-3,6-7H2/t8-/m1/s1. The van der Waals surface area contributed by atoms with Crippen LogP contribution in [0.4, 0.5) is 5.69 Å². The van der Waals surface area contributed by atoms with Gasteiger partial charge in [0.1, 0.15) is 10.7 Å². The van der Waals surface area contributed by atoms with Crippen LogP contribution in [0.2, 0.25) is 10.0 Å². The van der Waals surface area contributed by atoms with Crippen LogP contribution in [0.1, 0.15) is 12.8 Å². The number of hydrogen-bond donors (Lipinski definition) is 1. The van der Waals surface area contributed by atoms with E-state index in [2.05, 4.69) is 5.32 Å². The molecule has 0 saturated carbocycles. The van der Waals surface area contributed by atoms with Gasteiger partial charge in [0.15, 0.2) is 0 Å². The first kappa shape index (κ1) is 16.6. The van der Waals surface area contributed by atoms with Crippen molar-refractivity contribution in [2.24, 2.45) is 0 Å². The van der Waals surface area contributed by atoms with E-state index in [0.717, 1.165) is 17.7 Å². The molecule has 0 spiro atoms. The molecule has 1 aromatic carbocycles. The van der Waals surface area contributed by atoms with Gasteiger partial charge in [-0.25, -0.2) is 4.90 Å². The minimum atomic E-state index is -0.629. The van der Waals surface area contributed by atoms with E-state index in [0.29, 0.717) is 13.2 Å². The molecule has 2 aliphatic rings. The lowest BCUT2D eigenvalue weighted by molar-refractivity contribution is -0.120. The van der Waals surface area contributed by atoms with E-state index < -0.39 is 11.8 Å². The fourth-order valence-corrected chi connectivity index (χ4v) is 3.17. The van der Waals surface area contributed by atoms with Crippen molar-refractivity contribution in [1.82, 2.24) is 5.32 Å². The number of nitrogens with zero attached hydrogens (tertiary/aromatic N) is 1. The molecule has 5 nitrogen and oxygen atoms in total. The van der Waals surface area contributed by atoms with Crippen molar-refractivity contribution in [3.8, 4) is 0 Å². The number of rotatable bonds is 4. The van der Waals surface area contributed by atoms with E-state index >= 15 is 0 Å². The summed E-state index contributed by atoms with van der Waals surface area (Å²) >= 11 is 18.1. The van der Waals surface area contributed by atoms with Crippen LogP contribution in [0.15, 0.2) is 28.9 Å². The van der Waals surface area contributed by atoms with E-state index in [4.69, 9.17) is 39.5 Å². The Morgan fingerprint density at radius 2 is 2.00 bits per heavy atom. The lowest BCUT2D eigenvalue weighted by atomic mass is 10.2. The molecule has 1 aromatic rings. The van der Waals surface area contributed by atoms with Gasteiger partial charge in [-0.1, -0.05) is 40.9 Å². The Balaban J connectivity index is 1.82. The number of carbonyl (C=O) groups is 2. The zero-order valence-corrected chi connectivity index (χ0v) is 14.2. The average Bonchev–Trinajstić information content (AvgIpc) is 3.11. The summed E-state index contributed by atoms with van der Waals surface area (Å²) in [6, 6.07) is 4.72. The predicted octanol–water partition coefficient (Wildman–Crippen LogP) is 3.09. The molecule has 2 heterocycles. The molecule has 0 unspecified atom stereocenters. The Kier molecular flexibility index (Phi) is 4.82. The molecule has 1 N–H and O–H groups in total. The van der Waals surface area contributed by atoms with E-state index in [1.165, 1.54) is 6.07 Å². The second-order valence-corrected chi connectivity index (χ2v) is 6.39. The molecule has 0 aromatic heterocycles. The van der Waals surface area contributed by atoms with Gasteiger partial charge in [-0.2, -0.15) is 0 Å². The Bertz CT molecular complexity index is 699. The Morgan fingerprint density at radius 3 is 2.70 bits per heavy atom. The van der Waals surface area contributed by atoms with Gasteiger partial charge in [-0.15, -0.1) is 0 Å². The summed E-state index contributed by atoms with van der Waals surface area (Å²) in [7, 11) is 0. The summed E-state index contributed by atoms with van der Waals surface area (Å²) in [6.07, 6.45) is 1.90. The maximum atomic E-state index is 12.6. The van der Waals surface area contributed by atoms with Gasteiger partial charge in [-0.05, 0) is 25.0 Å². The molecule has 0 aliphatic carbocycles. The van der Waals surface area contributed by atoms with Crippen molar-refractivity contribution in [2.75, 3.05) is 18.1 Å². The molecule has 1 saturated heterocycles. The quantitative estimate of drug-likeness (QED) is 0.822. The highest BCUT2D eigenvalue weighted by Gasteiger charge is 2.40. The normalized spacial score (nSPS) is 21.5. The van der Waals surface area contributed by atoms with Gasteiger partial charge in [0, 0.05) is 13.2 Å². The van der Waals surface area contributed by atoms with Crippen LogP contribution in [-0.2, 0) is 14.3 Å². The van der Waals surface area contributed by atoms with Crippen molar-refractivity contribution in [2.45, 2.75) is 18.9 Å². The average molecular weight is 376 g/mol. The second-order valence-electron chi connectivity index (χ2n) is 5.22. The molecule has 0 radical (unpaired) electrons. The molecule has 1 fully saturated rings. The number of carbonyl (C=O) groups excluding carboxylic acids is 2. The SMILES string of the molecule is O=C1C(Cl)=C(NC[C@H]2CCCO2)C(=O)N1c1cccc(Cl)c1Cl. The van der Waals surface area contributed by atoms with Crippen molar-refractivity contribution in [1.29, 1.82) is 0 Å². The van der Waals surface area contributed by atoms with E-state index in [-0.39, 0.29) is 32.6 Å². The molecule has 23 heavy (non-hydrogen) atoms. The second kappa shape index (κ2) is 6.69. The molecular weight excluding hydrogens is 363 g/mol. The van der Waals surface area contributed by atoms with Crippen molar-refractivity contribution < 1.29 is 14.3 Å². The molecule has 3 rings (SSSR count). The summed E-state index contributed by atoms with van der Waals surface area (Å²) in [5, 5.41) is 3.14. The van der Waals surface area contributed by atoms with Gasteiger partial charge in [0.05, 0.1) is 21.8 Å². The monoisotopic (exact) mass is 374 g/mol. The largest absolute Gasteiger partial charge is 0.377 e. The number of hydrogen-bond acceptors (Lipinski definition) is 4. The fourth-order valence-electron chi connectivity index (χ4n) is 2.56. The molecule has 2 aliphatic heterocycles. The molecular formula is C15H13Cl3N2O3. The third-order valence-corrected chi connectivity index (χ3v) is 4.89. The van der Waals surface area contributed by atoms with Crippen LogP contribution < -0.4 is 10.2 Å². The lowest BCUT2D eigenvalue weighted by Crippen LogP contribution is -2.35. The first-order valence-corrected chi connectivity index (χ1v) is 8.22. The van der Waals surface area contributed by atoms with E-state index in [1.807, 2.05) is 0 Å². The Hall–Kier alpha value is -1.27. The van der Waals surface area contributed by atoms with Crippen molar-refractivity contribution in [3.63, 3.8) is 0 Å².